The number of aromatic amines is 1. The number of nitrogens with zero attached hydrogens (tertiary/aromatic N) is 4. The van der Waals surface area contributed by atoms with Gasteiger partial charge < -0.3 is 15.2 Å². The number of H-pyrrole nitrogens is 1. The molecule has 6 heteroatoms. The second-order valence-electron chi connectivity index (χ2n) is 6.40. The standard InChI is InChI=1S/C20H18N6/c1-2-8-16(9-3-1)23-19-17-18(22-13-21-17)24-20(25-19)26-11-10-14-6-4-5-7-15(14)12-26/h1-9,13H,10-12H2,(H2,21,22,23,24,25). The van der Waals surface area contributed by atoms with Crippen molar-refractivity contribution in [3.8, 4) is 0 Å². The summed E-state index contributed by atoms with van der Waals surface area (Å²) in [6.45, 7) is 1.72. The van der Waals surface area contributed by atoms with E-state index < -0.39 is 0 Å². The van der Waals surface area contributed by atoms with Crippen LogP contribution in [0, 0.1) is 0 Å². The largest absolute Gasteiger partial charge is 0.340 e. The molecule has 128 valence electrons. The van der Waals surface area contributed by atoms with E-state index >= 15 is 0 Å². The van der Waals surface area contributed by atoms with Crippen molar-refractivity contribution in [1.29, 1.82) is 0 Å². The van der Waals surface area contributed by atoms with Crippen LogP contribution in [0.4, 0.5) is 17.5 Å². The molecule has 4 aromatic rings. The number of hydrogen-bond donors (Lipinski definition) is 2. The third-order valence-electron chi connectivity index (χ3n) is 4.72. The van der Waals surface area contributed by atoms with Crippen molar-refractivity contribution in [2.45, 2.75) is 13.0 Å². The van der Waals surface area contributed by atoms with Gasteiger partial charge in [0.15, 0.2) is 11.5 Å². The van der Waals surface area contributed by atoms with Gasteiger partial charge >= 0.3 is 0 Å². The summed E-state index contributed by atoms with van der Waals surface area (Å²) in [6, 6.07) is 18.6. The highest BCUT2D eigenvalue weighted by molar-refractivity contribution is 5.86. The number of imidazole rings is 1. The van der Waals surface area contributed by atoms with E-state index in [1.165, 1.54) is 11.1 Å². The van der Waals surface area contributed by atoms with Gasteiger partial charge in [0.05, 0.1) is 6.33 Å². The van der Waals surface area contributed by atoms with Gasteiger partial charge in [-0.05, 0) is 29.7 Å². The van der Waals surface area contributed by atoms with E-state index in [1.54, 1.807) is 6.33 Å². The van der Waals surface area contributed by atoms with Gasteiger partial charge in [0.2, 0.25) is 5.95 Å². The monoisotopic (exact) mass is 342 g/mol. The summed E-state index contributed by atoms with van der Waals surface area (Å²) in [5.41, 5.74) is 5.22. The van der Waals surface area contributed by atoms with Gasteiger partial charge in [-0.1, -0.05) is 42.5 Å². The molecular weight excluding hydrogens is 324 g/mol. The highest BCUT2D eigenvalue weighted by Gasteiger charge is 2.20. The zero-order chi connectivity index (χ0) is 17.3. The fourth-order valence-corrected chi connectivity index (χ4v) is 3.38. The quantitative estimate of drug-likeness (QED) is 0.595. The van der Waals surface area contributed by atoms with Crippen molar-refractivity contribution in [3.05, 3.63) is 72.1 Å². The minimum absolute atomic E-state index is 0.673. The molecule has 0 unspecified atom stereocenters. The van der Waals surface area contributed by atoms with Crippen LogP contribution in [0.2, 0.25) is 0 Å². The van der Waals surface area contributed by atoms with Crippen LogP contribution in [0.5, 0.6) is 0 Å². The summed E-state index contributed by atoms with van der Waals surface area (Å²) in [5, 5.41) is 3.38. The normalized spacial score (nSPS) is 13.6. The van der Waals surface area contributed by atoms with Gasteiger partial charge in [-0.3, -0.25) is 0 Å². The minimum atomic E-state index is 0.673. The molecule has 26 heavy (non-hydrogen) atoms. The van der Waals surface area contributed by atoms with Gasteiger partial charge in [0, 0.05) is 18.8 Å². The second-order valence-corrected chi connectivity index (χ2v) is 6.40. The summed E-state index contributed by atoms with van der Waals surface area (Å²) in [7, 11) is 0. The third-order valence-corrected chi connectivity index (χ3v) is 4.72. The second kappa shape index (κ2) is 6.15. The Morgan fingerprint density at radius 1 is 0.923 bits per heavy atom. The summed E-state index contributed by atoms with van der Waals surface area (Å²) >= 11 is 0. The van der Waals surface area contributed by atoms with Gasteiger partial charge in [-0.15, -0.1) is 0 Å². The molecule has 0 bridgehead atoms. The number of hydrogen-bond acceptors (Lipinski definition) is 5. The maximum atomic E-state index is 4.80. The van der Waals surface area contributed by atoms with E-state index in [4.69, 9.17) is 4.98 Å². The Balaban J connectivity index is 1.53. The zero-order valence-electron chi connectivity index (χ0n) is 14.2. The molecule has 0 spiro atoms. The lowest BCUT2D eigenvalue weighted by Gasteiger charge is -2.29. The Bertz CT molecular complexity index is 1060. The van der Waals surface area contributed by atoms with Crippen LogP contribution < -0.4 is 10.2 Å². The lowest BCUT2D eigenvalue weighted by atomic mass is 10.0. The molecule has 2 N–H and O–H groups in total. The fraction of sp³-hybridized carbons (Fsp3) is 0.150. The molecule has 2 aromatic heterocycles. The van der Waals surface area contributed by atoms with Gasteiger partial charge in [0.1, 0.15) is 5.52 Å². The molecule has 1 aliphatic rings. The van der Waals surface area contributed by atoms with Crippen LogP contribution in [-0.4, -0.2) is 26.5 Å². The Morgan fingerprint density at radius 2 is 1.73 bits per heavy atom. The molecule has 0 saturated heterocycles. The lowest BCUT2D eigenvalue weighted by molar-refractivity contribution is 0.710. The molecule has 3 heterocycles. The fourth-order valence-electron chi connectivity index (χ4n) is 3.38. The predicted molar refractivity (Wildman–Crippen MR) is 103 cm³/mol. The molecule has 0 saturated carbocycles. The van der Waals surface area contributed by atoms with E-state index in [9.17, 15) is 0 Å². The average Bonchev–Trinajstić information content (AvgIpc) is 3.17. The molecule has 0 aliphatic carbocycles. The van der Waals surface area contributed by atoms with E-state index in [2.05, 4.69) is 49.4 Å². The predicted octanol–water partition coefficient (Wildman–Crippen LogP) is 3.66. The molecule has 1 aliphatic heterocycles. The van der Waals surface area contributed by atoms with Crippen LogP contribution in [0.25, 0.3) is 11.2 Å². The van der Waals surface area contributed by atoms with Crippen molar-refractivity contribution in [1.82, 2.24) is 19.9 Å². The molecule has 2 aromatic carbocycles. The Morgan fingerprint density at radius 3 is 2.62 bits per heavy atom. The summed E-state index contributed by atoms with van der Waals surface area (Å²) < 4.78 is 0. The topological polar surface area (TPSA) is 69.7 Å². The van der Waals surface area contributed by atoms with Crippen LogP contribution in [0.3, 0.4) is 0 Å². The first-order valence-corrected chi connectivity index (χ1v) is 8.72. The van der Waals surface area contributed by atoms with Gasteiger partial charge in [0.25, 0.3) is 0 Å². The van der Waals surface area contributed by atoms with Crippen molar-refractivity contribution >= 4 is 28.6 Å². The lowest BCUT2D eigenvalue weighted by Crippen LogP contribution is -2.31. The van der Waals surface area contributed by atoms with Crippen molar-refractivity contribution < 1.29 is 0 Å². The van der Waals surface area contributed by atoms with Crippen LogP contribution in [0.1, 0.15) is 11.1 Å². The number of fused-ring (bicyclic) bond motifs is 2. The summed E-state index contributed by atoms with van der Waals surface area (Å²) in [6.07, 6.45) is 2.66. The summed E-state index contributed by atoms with van der Waals surface area (Å²) in [4.78, 5) is 19.2. The first kappa shape index (κ1) is 14.9. The van der Waals surface area contributed by atoms with Crippen molar-refractivity contribution in [2.24, 2.45) is 0 Å². The molecule has 6 nitrogen and oxygen atoms in total. The molecule has 0 amide bonds. The number of benzene rings is 2. The van der Waals surface area contributed by atoms with E-state index in [0.29, 0.717) is 11.6 Å². The number of rotatable bonds is 3. The van der Waals surface area contributed by atoms with Crippen LogP contribution in [0.15, 0.2) is 60.9 Å². The Labute approximate surface area is 150 Å². The number of anilines is 3. The third kappa shape index (κ3) is 2.65. The van der Waals surface area contributed by atoms with E-state index in [1.807, 2.05) is 30.3 Å². The highest BCUT2D eigenvalue weighted by Crippen LogP contribution is 2.27. The van der Waals surface area contributed by atoms with Crippen LogP contribution >= 0.6 is 0 Å². The van der Waals surface area contributed by atoms with E-state index in [0.717, 1.165) is 36.5 Å². The Kier molecular flexibility index (Phi) is 3.52. The van der Waals surface area contributed by atoms with Gasteiger partial charge in [-0.25, -0.2) is 4.98 Å². The van der Waals surface area contributed by atoms with Crippen molar-refractivity contribution in [2.75, 3.05) is 16.8 Å². The number of para-hydroxylation sites is 1. The maximum absolute atomic E-state index is 4.80. The number of nitrogens with one attached hydrogen (secondary N) is 2. The highest BCUT2D eigenvalue weighted by atomic mass is 15.3. The SMILES string of the molecule is c1ccc(Nc2nc(N3CCc4ccccc4C3)nc3nc[nH]c23)cc1. The van der Waals surface area contributed by atoms with Gasteiger partial charge in [-0.2, -0.15) is 9.97 Å². The smallest absolute Gasteiger partial charge is 0.229 e. The van der Waals surface area contributed by atoms with E-state index in [-0.39, 0.29) is 0 Å². The molecule has 0 fully saturated rings. The zero-order valence-corrected chi connectivity index (χ0v) is 14.2. The number of aromatic nitrogens is 4. The summed E-state index contributed by atoms with van der Waals surface area (Å²) in [5.74, 6) is 1.45. The molecule has 5 rings (SSSR count). The van der Waals surface area contributed by atoms with Crippen molar-refractivity contribution in [3.63, 3.8) is 0 Å². The first-order valence-electron chi connectivity index (χ1n) is 8.72. The molecule has 0 atom stereocenters. The average molecular weight is 342 g/mol. The molecular formula is C20H18N6. The van der Waals surface area contributed by atoms with Crippen LogP contribution in [-0.2, 0) is 13.0 Å². The first-order chi connectivity index (χ1) is 12.9. The maximum Gasteiger partial charge on any atom is 0.229 e. The Hall–Kier alpha value is -3.41. The molecule has 0 radical (unpaired) electrons. The minimum Gasteiger partial charge on any atom is -0.340 e.